The molecule has 0 spiro atoms. The fraction of sp³-hybridized carbons (Fsp3) is 0.562. The van der Waals surface area contributed by atoms with Gasteiger partial charge in [-0.25, -0.2) is 4.79 Å². The number of halogens is 1. The molecule has 1 rings (SSSR count). The number of carbonyl (C=O) groups excluding carboxylic acids is 1. The van der Waals surface area contributed by atoms with Crippen LogP contribution in [-0.4, -0.2) is 41.9 Å². The second-order valence-electron chi connectivity index (χ2n) is 6.24. The molecule has 0 fully saturated rings. The van der Waals surface area contributed by atoms with Gasteiger partial charge in [0.25, 0.3) is 0 Å². The molecular formula is C16H24BrNO3. The molecule has 5 heteroatoms. The van der Waals surface area contributed by atoms with Crippen molar-refractivity contribution in [2.45, 2.75) is 32.8 Å². The van der Waals surface area contributed by atoms with Crippen molar-refractivity contribution < 1.29 is 14.6 Å². The number of amides is 1. The number of rotatable bonds is 5. The monoisotopic (exact) mass is 357 g/mol. The van der Waals surface area contributed by atoms with Crippen LogP contribution in [0.1, 0.15) is 26.3 Å². The van der Waals surface area contributed by atoms with Crippen molar-refractivity contribution in [3.8, 4) is 0 Å². The van der Waals surface area contributed by atoms with E-state index >= 15 is 0 Å². The summed E-state index contributed by atoms with van der Waals surface area (Å²) in [4.78, 5) is 13.4. The largest absolute Gasteiger partial charge is 0.444 e. The smallest absolute Gasteiger partial charge is 0.410 e. The standard InChI is InChI=1S/C16H24BrNO3/c1-16(2,3)21-15(20)18(4)10-13(11-19)8-12-6-5-7-14(17)9-12/h5-7,9,13,19H,8,10-11H2,1-4H3. The van der Waals surface area contributed by atoms with Crippen molar-refractivity contribution in [3.63, 3.8) is 0 Å². The van der Waals surface area contributed by atoms with Crippen LogP contribution in [-0.2, 0) is 11.2 Å². The summed E-state index contributed by atoms with van der Waals surface area (Å²) in [6.07, 6.45) is 0.346. The third-order valence-corrected chi connectivity index (χ3v) is 3.40. The first-order valence-corrected chi connectivity index (χ1v) is 7.80. The highest BCUT2D eigenvalue weighted by atomic mass is 79.9. The molecule has 0 bridgehead atoms. The number of nitrogens with zero attached hydrogens (tertiary/aromatic N) is 1. The number of benzene rings is 1. The van der Waals surface area contributed by atoms with Crippen LogP contribution in [0.5, 0.6) is 0 Å². The first-order valence-electron chi connectivity index (χ1n) is 7.00. The average Bonchev–Trinajstić information content (AvgIpc) is 2.35. The molecule has 0 radical (unpaired) electrons. The summed E-state index contributed by atoms with van der Waals surface area (Å²) < 4.78 is 6.32. The van der Waals surface area contributed by atoms with Crippen molar-refractivity contribution in [3.05, 3.63) is 34.3 Å². The van der Waals surface area contributed by atoms with Crippen LogP contribution in [0.15, 0.2) is 28.7 Å². The van der Waals surface area contributed by atoms with Gasteiger partial charge < -0.3 is 14.7 Å². The van der Waals surface area contributed by atoms with E-state index in [9.17, 15) is 9.90 Å². The van der Waals surface area contributed by atoms with Gasteiger partial charge in [-0.2, -0.15) is 0 Å². The van der Waals surface area contributed by atoms with Gasteiger partial charge in [0.2, 0.25) is 0 Å². The summed E-state index contributed by atoms with van der Waals surface area (Å²) in [6.45, 7) is 5.99. The third kappa shape index (κ3) is 6.96. The van der Waals surface area contributed by atoms with Gasteiger partial charge in [-0.05, 0) is 44.9 Å². The van der Waals surface area contributed by atoms with Crippen LogP contribution in [0, 0.1) is 5.92 Å². The molecule has 0 saturated carbocycles. The minimum Gasteiger partial charge on any atom is -0.444 e. The Kier molecular flexibility index (Phi) is 6.68. The molecule has 1 aromatic rings. The Labute approximate surface area is 135 Å². The zero-order valence-electron chi connectivity index (χ0n) is 13.1. The van der Waals surface area contributed by atoms with Gasteiger partial charge in [-0.1, -0.05) is 28.1 Å². The topological polar surface area (TPSA) is 49.8 Å². The Morgan fingerprint density at radius 1 is 1.43 bits per heavy atom. The predicted molar refractivity (Wildman–Crippen MR) is 87.3 cm³/mol. The minimum absolute atomic E-state index is 0.0168. The second kappa shape index (κ2) is 7.80. The number of carbonyl (C=O) groups is 1. The van der Waals surface area contributed by atoms with E-state index in [2.05, 4.69) is 15.9 Å². The lowest BCUT2D eigenvalue weighted by Gasteiger charge is -2.27. The minimum atomic E-state index is -0.510. The summed E-state index contributed by atoms with van der Waals surface area (Å²) in [5, 5.41) is 9.53. The molecule has 1 aromatic carbocycles. The van der Waals surface area contributed by atoms with E-state index in [0.717, 1.165) is 10.0 Å². The van der Waals surface area contributed by atoms with Crippen molar-refractivity contribution >= 4 is 22.0 Å². The highest BCUT2D eigenvalue weighted by molar-refractivity contribution is 9.10. The van der Waals surface area contributed by atoms with Crippen LogP contribution in [0.2, 0.25) is 0 Å². The lowest BCUT2D eigenvalue weighted by Crippen LogP contribution is -2.38. The predicted octanol–water partition coefficient (Wildman–Crippen LogP) is 3.47. The molecule has 0 aliphatic heterocycles. The maximum absolute atomic E-state index is 11.9. The van der Waals surface area contributed by atoms with E-state index < -0.39 is 5.60 Å². The summed E-state index contributed by atoms with van der Waals surface area (Å²) in [5.74, 6) is -0.0168. The Hall–Kier alpha value is -1.07. The molecule has 21 heavy (non-hydrogen) atoms. The van der Waals surface area contributed by atoms with E-state index in [1.54, 1.807) is 7.05 Å². The Bertz CT molecular complexity index is 471. The Morgan fingerprint density at radius 2 is 2.10 bits per heavy atom. The fourth-order valence-corrected chi connectivity index (χ4v) is 2.43. The van der Waals surface area contributed by atoms with Crippen molar-refractivity contribution in [2.24, 2.45) is 5.92 Å². The quantitative estimate of drug-likeness (QED) is 0.877. The van der Waals surface area contributed by atoms with Gasteiger partial charge in [-0.15, -0.1) is 0 Å². The van der Waals surface area contributed by atoms with Gasteiger partial charge in [0.05, 0.1) is 0 Å². The van der Waals surface area contributed by atoms with Crippen LogP contribution in [0.3, 0.4) is 0 Å². The maximum atomic E-state index is 11.9. The molecule has 1 amide bonds. The molecule has 0 heterocycles. The molecule has 0 aromatic heterocycles. The second-order valence-corrected chi connectivity index (χ2v) is 7.16. The fourth-order valence-electron chi connectivity index (χ4n) is 1.99. The van der Waals surface area contributed by atoms with Gasteiger partial charge in [0, 0.05) is 30.6 Å². The summed E-state index contributed by atoms with van der Waals surface area (Å²) in [5.41, 5.74) is 0.616. The van der Waals surface area contributed by atoms with E-state index in [1.807, 2.05) is 45.0 Å². The molecule has 0 saturated heterocycles. The van der Waals surface area contributed by atoms with Crippen molar-refractivity contribution in [2.75, 3.05) is 20.2 Å². The van der Waals surface area contributed by atoms with Crippen LogP contribution in [0.25, 0.3) is 0 Å². The van der Waals surface area contributed by atoms with Crippen molar-refractivity contribution in [1.82, 2.24) is 4.90 Å². The normalized spacial score (nSPS) is 12.9. The van der Waals surface area contributed by atoms with Crippen LogP contribution in [0.4, 0.5) is 4.79 Å². The molecule has 1 unspecified atom stereocenters. The number of hydrogen-bond acceptors (Lipinski definition) is 3. The molecule has 0 aliphatic rings. The maximum Gasteiger partial charge on any atom is 0.410 e. The SMILES string of the molecule is CN(CC(CO)Cc1cccc(Br)c1)C(=O)OC(C)(C)C. The Balaban J connectivity index is 2.59. The average molecular weight is 358 g/mol. The molecule has 0 aliphatic carbocycles. The summed E-state index contributed by atoms with van der Waals surface area (Å²) in [6, 6.07) is 7.97. The van der Waals surface area contributed by atoms with Crippen LogP contribution >= 0.6 is 15.9 Å². The van der Waals surface area contributed by atoms with Gasteiger partial charge in [0.15, 0.2) is 0 Å². The van der Waals surface area contributed by atoms with Gasteiger partial charge in [0.1, 0.15) is 5.60 Å². The molecule has 1 N–H and O–H groups in total. The first-order chi connectivity index (χ1) is 9.71. The first kappa shape index (κ1) is 18.0. The van der Waals surface area contributed by atoms with E-state index in [4.69, 9.17) is 4.74 Å². The van der Waals surface area contributed by atoms with E-state index in [-0.39, 0.29) is 18.6 Å². The summed E-state index contributed by atoms with van der Waals surface area (Å²) in [7, 11) is 1.69. The van der Waals surface area contributed by atoms with E-state index in [0.29, 0.717) is 13.0 Å². The van der Waals surface area contributed by atoms with Crippen molar-refractivity contribution in [1.29, 1.82) is 0 Å². The highest BCUT2D eigenvalue weighted by Gasteiger charge is 2.22. The van der Waals surface area contributed by atoms with Crippen LogP contribution < -0.4 is 0 Å². The third-order valence-electron chi connectivity index (χ3n) is 2.91. The van der Waals surface area contributed by atoms with Gasteiger partial charge in [-0.3, -0.25) is 0 Å². The number of aliphatic hydroxyl groups excluding tert-OH is 1. The summed E-state index contributed by atoms with van der Waals surface area (Å²) >= 11 is 3.43. The number of ether oxygens (including phenoxy) is 1. The lowest BCUT2D eigenvalue weighted by molar-refractivity contribution is 0.0255. The van der Waals surface area contributed by atoms with Gasteiger partial charge >= 0.3 is 6.09 Å². The highest BCUT2D eigenvalue weighted by Crippen LogP contribution is 2.16. The molecule has 4 nitrogen and oxygen atoms in total. The molecular weight excluding hydrogens is 334 g/mol. The van der Waals surface area contributed by atoms with E-state index in [1.165, 1.54) is 4.90 Å². The zero-order valence-corrected chi connectivity index (χ0v) is 14.7. The molecule has 118 valence electrons. The molecule has 1 atom stereocenters. The Morgan fingerprint density at radius 3 is 2.62 bits per heavy atom. The number of aliphatic hydroxyl groups is 1. The lowest BCUT2D eigenvalue weighted by atomic mass is 10.00. The zero-order chi connectivity index (χ0) is 16.0. The number of hydrogen-bond donors (Lipinski definition) is 1.